The molecule has 4 nitrogen and oxygen atoms in total. The summed E-state index contributed by atoms with van der Waals surface area (Å²) < 4.78 is 11.0. The minimum atomic E-state index is -0.755. The Morgan fingerprint density at radius 1 is 1.22 bits per heavy atom. The van der Waals surface area contributed by atoms with Gasteiger partial charge in [-0.25, -0.2) is 0 Å². The monoisotopic (exact) mass is 320 g/mol. The third-order valence-corrected chi connectivity index (χ3v) is 4.01. The van der Waals surface area contributed by atoms with E-state index in [-0.39, 0.29) is 17.9 Å². The maximum absolute atomic E-state index is 10.9. The van der Waals surface area contributed by atoms with Gasteiger partial charge in [-0.2, -0.15) is 0 Å². The number of rotatable bonds is 9. The van der Waals surface area contributed by atoms with Gasteiger partial charge in [0.1, 0.15) is 5.75 Å². The van der Waals surface area contributed by atoms with Crippen LogP contribution in [0.4, 0.5) is 0 Å². The SMILES string of the molecule is COc1ccc(CO[C@H](C)[C@H](C)/C=C(\C)C[C@H](C)C(=O)O)cc1. The molecule has 0 aromatic heterocycles. The van der Waals surface area contributed by atoms with Crippen molar-refractivity contribution in [2.45, 2.75) is 46.8 Å². The van der Waals surface area contributed by atoms with Gasteiger partial charge in [0.25, 0.3) is 0 Å². The molecule has 0 saturated heterocycles. The Morgan fingerprint density at radius 3 is 2.35 bits per heavy atom. The van der Waals surface area contributed by atoms with Gasteiger partial charge in [0.15, 0.2) is 0 Å². The molecular formula is C19H28O4. The smallest absolute Gasteiger partial charge is 0.306 e. The number of carbonyl (C=O) groups is 1. The summed E-state index contributed by atoms with van der Waals surface area (Å²) in [5, 5.41) is 8.96. The first kappa shape index (κ1) is 19.2. The van der Waals surface area contributed by atoms with Gasteiger partial charge in [-0.05, 0) is 38.0 Å². The van der Waals surface area contributed by atoms with E-state index < -0.39 is 5.97 Å². The number of carboxylic acid groups (broad SMARTS) is 1. The minimum absolute atomic E-state index is 0.0622. The molecule has 1 rings (SSSR count). The second-order valence-electron chi connectivity index (χ2n) is 6.18. The molecule has 1 aromatic carbocycles. The van der Waals surface area contributed by atoms with Crippen molar-refractivity contribution in [2.75, 3.05) is 7.11 Å². The van der Waals surface area contributed by atoms with Crippen molar-refractivity contribution in [3.05, 3.63) is 41.5 Å². The molecular weight excluding hydrogens is 292 g/mol. The lowest BCUT2D eigenvalue weighted by Gasteiger charge is -2.19. The Labute approximate surface area is 139 Å². The first-order chi connectivity index (χ1) is 10.8. The summed E-state index contributed by atoms with van der Waals surface area (Å²) in [6.07, 6.45) is 2.75. The van der Waals surface area contributed by atoms with E-state index in [2.05, 4.69) is 13.0 Å². The van der Waals surface area contributed by atoms with Gasteiger partial charge in [0.2, 0.25) is 0 Å². The van der Waals surface area contributed by atoms with Crippen molar-refractivity contribution in [3.8, 4) is 5.75 Å². The summed E-state index contributed by atoms with van der Waals surface area (Å²) in [6.45, 7) is 8.39. The highest BCUT2D eigenvalue weighted by Gasteiger charge is 2.14. The summed E-state index contributed by atoms with van der Waals surface area (Å²) in [4.78, 5) is 10.9. The van der Waals surface area contributed by atoms with Crippen LogP contribution in [0.3, 0.4) is 0 Å². The number of methoxy groups -OCH3 is 1. The molecule has 0 amide bonds. The van der Waals surface area contributed by atoms with Crippen molar-refractivity contribution >= 4 is 5.97 Å². The van der Waals surface area contributed by atoms with Crippen molar-refractivity contribution in [2.24, 2.45) is 11.8 Å². The number of aliphatic carboxylic acids is 1. The van der Waals surface area contributed by atoms with Crippen LogP contribution in [0.5, 0.6) is 5.75 Å². The van der Waals surface area contributed by atoms with E-state index in [4.69, 9.17) is 14.6 Å². The summed E-state index contributed by atoms with van der Waals surface area (Å²) in [5.41, 5.74) is 2.19. The number of ether oxygens (including phenoxy) is 2. The van der Waals surface area contributed by atoms with E-state index >= 15 is 0 Å². The quantitative estimate of drug-likeness (QED) is 0.689. The van der Waals surface area contributed by atoms with Crippen LogP contribution >= 0.6 is 0 Å². The van der Waals surface area contributed by atoms with Crippen LogP contribution in [-0.2, 0) is 16.1 Å². The zero-order chi connectivity index (χ0) is 17.4. The molecule has 4 heteroatoms. The molecule has 0 radical (unpaired) electrons. The lowest BCUT2D eigenvalue weighted by molar-refractivity contribution is -0.141. The molecule has 0 fully saturated rings. The number of carboxylic acids is 1. The van der Waals surface area contributed by atoms with Crippen LogP contribution in [0.25, 0.3) is 0 Å². The first-order valence-electron chi connectivity index (χ1n) is 7.98. The molecule has 0 saturated carbocycles. The highest BCUT2D eigenvalue weighted by molar-refractivity contribution is 5.69. The number of hydrogen-bond donors (Lipinski definition) is 1. The van der Waals surface area contributed by atoms with Crippen LogP contribution in [0.15, 0.2) is 35.9 Å². The van der Waals surface area contributed by atoms with E-state index in [1.807, 2.05) is 38.1 Å². The van der Waals surface area contributed by atoms with Gasteiger partial charge in [-0.15, -0.1) is 0 Å². The average Bonchev–Trinajstić information content (AvgIpc) is 2.52. The van der Waals surface area contributed by atoms with Crippen LogP contribution < -0.4 is 4.74 Å². The molecule has 0 aliphatic carbocycles. The van der Waals surface area contributed by atoms with Crippen LogP contribution in [-0.4, -0.2) is 24.3 Å². The van der Waals surface area contributed by atoms with Crippen molar-refractivity contribution in [1.29, 1.82) is 0 Å². The fourth-order valence-electron chi connectivity index (χ4n) is 2.32. The average molecular weight is 320 g/mol. The van der Waals surface area contributed by atoms with Crippen LogP contribution in [0.1, 0.15) is 39.7 Å². The van der Waals surface area contributed by atoms with Crippen LogP contribution in [0, 0.1) is 11.8 Å². The maximum Gasteiger partial charge on any atom is 0.306 e. The van der Waals surface area contributed by atoms with Gasteiger partial charge in [0, 0.05) is 5.92 Å². The Hall–Kier alpha value is -1.81. The van der Waals surface area contributed by atoms with E-state index in [0.717, 1.165) is 16.9 Å². The zero-order valence-electron chi connectivity index (χ0n) is 14.7. The fourth-order valence-corrected chi connectivity index (χ4v) is 2.32. The lowest BCUT2D eigenvalue weighted by atomic mass is 9.97. The van der Waals surface area contributed by atoms with Gasteiger partial charge >= 0.3 is 5.97 Å². The normalized spacial score (nSPS) is 15.8. The second-order valence-corrected chi connectivity index (χ2v) is 6.18. The molecule has 1 aromatic rings. The lowest BCUT2D eigenvalue weighted by Crippen LogP contribution is -2.17. The molecule has 0 spiro atoms. The van der Waals surface area contributed by atoms with Crippen LogP contribution in [0.2, 0.25) is 0 Å². The predicted octanol–water partition coefficient (Wildman–Crippen LogP) is 4.29. The molecule has 0 aliphatic heterocycles. The molecule has 0 aliphatic rings. The number of allylic oxidation sites excluding steroid dienone is 1. The van der Waals surface area contributed by atoms with Gasteiger partial charge in [-0.1, -0.05) is 37.6 Å². The van der Waals surface area contributed by atoms with Gasteiger partial charge in [-0.3, -0.25) is 4.79 Å². The molecule has 1 N–H and O–H groups in total. The van der Waals surface area contributed by atoms with E-state index in [9.17, 15) is 4.79 Å². The third kappa shape index (κ3) is 6.87. The standard InChI is InChI=1S/C19H28O4/c1-13(11-15(3)19(20)21)10-14(2)16(4)23-12-17-6-8-18(22-5)9-7-17/h6-10,14-16H,11-12H2,1-5H3,(H,20,21)/b13-10+/t14-,15+,16-/m1/s1. The zero-order valence-corrected chi connectivity index (χ0v) is 14.7. The molecule has 0 unspecified atom stereocenters. The highest BCUT2D eigenvalue weighted by atomic mass is 16.5. The summed E-state index contributed by atoms with van der Waals surface area (Å²) in [7, 11) is 1.65. The number of benzene rings is 1. The maximum atomic E-state index is 10.9. The van der Waals surface area contributed by atoms with E-state index in [1.165, 1.54) is 0 Å². The summed E-state index contributed by atoms with van der Waals surface area (Å²) in [5.74, 6) is -0.0429. The largest absolute Gasteiger partial charge is 0.497 e. The summed E-state index contributed by atoms with van der Waals surface area (Å²) >= 11 is 0. The van der Waals surface area contributed by atoms with Crippen molar-refractivity contribution in [1.82, 2.24) is 0 Å². The molecule has 0 heterocycles. The van der Waals surface area contributed by atoms with E-state index in [1.54, 1.807) is 14.0 Å². The first-order valence-corrected chi connectivity index (χ1v) is 7.98. The predicted molar refractivity (Wildman–Crippen MR) is 91.6 cm³/mol. The summed E-state index contributed by atoms with van der Waals surface area (Å²) in [6, 6.07) is 7.83. The van der Waals surface area contributed by atoms with Crippen molar-refractivity contribution < 1.29 is 19.4 Å². The second kappa shape index (κ2) is 9.36. The Balaban J connectivity index is 2.49. The Bertz CT molecular complexity index is 519. The van der Waals surface area contributed by atoms with Crippen molar-refractivity contribution in [3.63, 3.8) is 0 Å². The fraction of sp³-hybridized carbons (Fsp3) is 0.526. The van der Waals surface area contributed by atoms with Gasteiger partial charge in [0.05, 0.1) is 25.7 Å². The Morgan fingerprint density at radius 2 is 1.83 bits per heavy atom. The third-order valence-electron chi connectivity index (χ3n) is 4.01. The molecule has 128 valence electrons. The van der Waals surface area contributed by atoms with Gasteiger partial charge < -0.3 is 14.6 Å². The Kier molecular flexibility index (Phi) is 7.83. The minimum Gasteiger partial charge on any atom is -0.497 e. The highest BCUT2D eigenvalue weighted by Crippen LogP contribution is 2.18. The molecule has 23 heavy (non-hydrogen) atoms. The molecule has 3 atom stereocenters. The number of hydrogen-bond acceptors (Lipinski definition) is 3. The van der Waals surface area contributed by atoms with E-state index in [0.29, 0.717) is 13.0 Å². The molecule has 0 bridgehead atoms. The topological polar surface area (TPSA) is 55.8 Å².